The Labute approximate surface area is 118 Å². The number of benzene rings is 1. The maximum absolute atomic E-state index is 12.1. The van der Waals surface area contributed by atoms with Crippen LogP contribution < -0.4 is 5.32 Å². The first-order chi connectivity index (χ1) is 9.43. The number of ether oxygens (including phenoxy) is 1. The summed E-state index contributed by atoms with van der Waals surface area (Å²) in [6.07, 6.45) is 1.21. The van der Waals surface area contributed by atoms with Crippen LogP contribution in [0.15, 0.2) is 43.0 Å². The van der Waals surface area contributed by atoms with E-state index in [-0.39, 0.29) is 6.61 Å². The number of esters is 1. The second-order valence-corrected chi connectivity index (χ2v) is 4.43. The Morgan fingerprint density at radius 3 is 2.55 bits per heavy atom. The lowest BCUT2D eigenvalue weighted by Gasteiger charge is -2.27. The number of hydrogen-bond acceptors (Lipinski definition) is 4. The minimum atomic E-state index is -1.94. The van der Waals surface area contributed by atoms with Crippen molar-refractivity contribution in [2.75, 3.05) is 11.9 Å². The molecule has 2 atom stereocenters. The number of aliphatic hydroxyl groups is 1. The molecule has 1 aromatic carbocycles. The molecule has 0 aromatic heterocycles. The normalized spacial score (nSPS) is 14.8. The molecule has 0 radical (unpaired) electrons. The van der Waals surface area contributed by atoms with Crippen molar-refractivity contribution in [3.63, 3.8) is 0 Å². The predicted molar refractivity (Wildman–Crippen MR) is 76.0 cm³/mol. The minimum Gasteiger partial charge on any atom is -0.465 e. The zero-order valence-electron chi connectivity index (χ0n) is 11.6. The molecule has 108 valence electrons. The van der Waals surface area contributed by atoms with Gasteiger partial charge in [-0.15, -0.1) is 6.58 Å². The molecule has 0 aliphatic carbocycles. The van der Waals surface area contributed by atoms with E-state index in [4.69, 9.17) is 4.74 Å². The van der Waals surface area contributed by atoms with Crippen molar-refractivity contribution in [2.24, 2.45) is 5.92 Å². The third-order valence-corrected chi connectivity index (χ3v) is 2.87. The highest BCUT2D eigenvalue weighted by molar-refractivity contribution is 6.00. The van der Waals surface area contributed by atoms with E-state index in [2.05, 4.69) is 11.9 Å². The average Bonchev–Trinajstić information content (AvgIpc) is 2.40. The van der Waals surface area contributed by atoms with Gasteiger partial charge in [-0.2, -0.15) is 0 Å². The van der Waals surface area contributed by atoms with Crippen LogP contribution in [0.5, 0.6) is 0 Å². The van der Waals surface area contributed by atoms with Gasteiger partial charge in [0.2, 0.25) is 0 Å². The van der Waals surface area contributed by atoms with Gasteiger partial charge in [-0.1, -0.05) is 24.3 Å². The second kappa shape index (κ2) is 6.86. The number of carbonyl (C=O) groups is 2. The van der Waals surface area contributed by atoms with Crippen LogP contribution in [-0.4, -0.2) is 29.2 Å². The molecule has 0 fully saturated rings. The predicted octanol–water partition coefficient (Wildman–Crippen LogP) is 1.74. The number of para-hydroxylation sites is 1. The summed E-state index contributed by atoms with van der Waals surface area (Å²) in [5.41, 5.74) is -1.41. The molecule has 1 amide bonds. The maximum atomic E-state index is 12.1. The summed E-state index contributed by atoms with van der Waals surface area (Å²) >= 11 is 0. The number of nitrogens with one attached hydrogen (secondary N) is 1. The number of hydrogen-bond donors (Lipinski definition) is 2. The standard InChI is InChI=1S/C15H19NO4/c1-4-12(13(17)20-5-2)15(3,19)14(18)16-11-9-7-6-8-10-11/h4,6-10,12,19H,1,5H2,2-3H3,(H,16,18)/t12-,15-/m0/s1. The van der Waals surface area contributed by atoms with Gasteiger partial charge in [0.1, 0.15) is 5.92 Å². The molecule has 5 heteroatoms. The van der Waals surface area contributed by atoms with Gasteiger partial charge < -0.3 is 15.2 Å². The molecule has 20 heavy (non-hydrogen) atoms. The molecule has 2 N–H and O–H groups in total. The van der Waals surface area contributed by atoms with E-state index in [1.807, 2.05) is 0 Å². The Morgan fingerprint density at radius 1 is 1.45 bits per heavy atom. The van der Waals surface area contributed by atoms with Gasteiger partial charge in [-0.25, -0.2) is 0 Å². The highest BCUT2D eigenvalue weighted by atomic mass is 16.5. The fourth-order valence-corrected chi connectivity index (χ4v) is 1.71. The van der Waals surface area contributed by atoms with Crippen LogP contribution in [0.1, 0.15) is 13.8 Å². The van der Waals surface area contributed by atoms with Gasteiger partial charge in [0.15, 0.2) is 5.60 Å². The summed E-state index contributed by atoms with van der Waals surface area (Å²) in [7, 11) is 0. The van der Waals surface area contributed by atoms with Crippen LogP contribution in [-0.2, 0) is 14.3 Å². The molecule has 0 spiro atoms. The molecule has 0 saturated heterocycles. The quantitative estimate of drug-likeness (QED) is 0.613. The van der Waals surface area contributed by atoms with Gasteiger partial charge in [0.25, 0.3) is 5.91 Å². The van der Waals surface area contributed by atoms with Crippen LogP contribution in [0, 0.1) is 5.92 Å². The van der Waals surface area contributed by atoms with Gasteiger partial charge in [0.05, 0.1) is 6.61 Å². The summed E-state index contributed by atoms with van der Waals surface area (Å²) in [5.74, 6) is -2.51. The maximum Gasteiger partial charge on any atom is 0.316 e. The third kappa shape index (κ3) is 3.68. The van der Waals surface area contributed by atoms with Crippen molar-refractivity contribution in [3.8, 4) is 0 Å². The fourth-order valence-electron chi connectivity index (χ4n) is 1.71. The van der Waals surface area contributed by atoms with E-state index in [1.165, 1.54) is 13.0 Å². The molecular weight excluding hydrogens is 258 g/mol. The zero-order chi connectivity index (χ0) is 15.2. The first kappa shape index (κ1) is 15.9. The number of anilines is 1. The summed E-state index contributed by atoms with van der Waals surface area (Å²) in [4.78, 5) is 23.9. The molecule has 0 bridgehead atoms. The summed E-state index contributed by atoms with van der Waals surface area (Å²) in [6.45, 7) is 6.55. The highest BCUT2D eigenvalue weighted by Crippen LogP contribution is 2.22. The minimum absolute atomic E-state index is 0.166. The van der Waals surface area contributed by atoms with Crippen molar-refractivity contribution < 1.29 is 19.4 Å². The zero-order valence-corrected chi connectivity index (χ0v) is 11.6. The summed E-state index contributed by atoms with van der Waals surface area (Å²) in [5, 5.41) is 12.9. The molecule has 1 aromatic rings. The van der Waals surface area contributed by atoms with Crippen LogP contribution in [0.4, 0.5) is 5.69 Å². The monoisotopic (exact) mass is 277 g/mol. The fraction of sp³-hybridized carbons (Fsp3) is 0.333. The molecule has 1 rings (SSSR count). The summed E-state index contributed by atoms with van der Waals surface area (Å²) in [6, 6.07) is 8.67. The Bertz CT molecular complexity index is 482. The average molecular weight is 277 g/mol. The molecule has 0 aliphatic rings. The van der Waals surface area contributed by atoms with Crippen molar-refractivity contribution >= 4 is 17.6 Å². The van der Waals surface area contributed by atoms with Gasteiger partial charge in [0, 0.05) is 5.69 Å². The Morgan fingerprint density at radius 2 is 2.05 bits per heavy atom. The summed E-state index contributed by atoms with van der Waals surface area (Å²) < 4.78 is 4.83. The first-order valence-electron chi connectivity index (χ1n) is 6.31. The van der Waals surface area contributed by atoms with Gasteiger partial charge >= 0.3 is 5.97 Å². The van der Waals surface area contributed by atoms with Crippen LogP contribution in [0.2, 0.25) is 0 Å². The molecule has 5 nitrogen and oxygen atoms in total. The van der Waals surface area contributed by atoms with Crippen molar-refractivity contribution in [2.45, 2.75) is 19.4 Å². The van der Waals surface area contributed by atoms with Crippen LogP contribution in [0.3, 0.4) is 0 Å². The van der Waals surface area contributed by atoms with Crippen LogP contribution in [0.25, 0.3) is 0 Å². The SMILES string of the molecule is C=C[C@@H](C(=O)OCC)[C@](C)(O)C(=O)Nc1ccccc1. The van der Waals surface area contributed by atoms with Gasteiger partial charge in [-0.3, -0.25) is 9.59 Å². The largest absolute Gasteiger partial charge is 0.465 e. The van der Waals surface area contributed by atoms with Crippen molar-refractivity contribution in [3.05, 3.63) is 43.0 Å². The van der Waals surface area contributed by atoms with Crippen molar-refractivity contribution in [1.82, 2.24) is 0 Å². The lowest BCUT2D eigenvalue weighted by atomic mass is 9.88. The number of rotatable bonds is 6. The molecule has 0 heterocycles. The Balaban J connectivity index is 2.87. The third-order valence-electron chi connectivity index (χ3n) is 2.87. The first-order valence-corrected chi connectivity index (χ1v) is 6.31. The Kier molecular flexibility index (Phi) is 5.46. The molecular formula is C15H19NO4. The van der Waals surface area contributed by atoms with E-state index in [0.29, 0.717) is 5.69 Å². The Hall–Kier alpha value is -2.14. The molecule has 0 saturated carbocycles. The van der Waals surface area contributed by atoms with E-state index in [0.717, 1.165) is 0 Å². The topological polar surface area (TPSA) is 75.6 Å². The van der Waals surface area contributed by atoms with E-state index in [9.17, 15) is 14.7 Å². The lowest BCUT2D eigenvalue weighted by Crippen LogP contribution is -2.49. The van der Waals surface area contributed by atoms with E-state index < -0.39 is 23.4 Å². The lowest BCUT2D eigenvalue weighted by molar-refractivity contribution is -0.159. The smallest absolute Gasteiger partial charge is 0.316 e. The van der Waals surface area contributed by atoms with Crippen molar-refractivity contribution in [1.29, 1.82) is 0 Å². The van der Waals surface area contributed by atoms with E-state index >= 15 is 0 Å². The number of carbonyl (C=O) groups excluding carboxylic acids is 2. The number of amides is 1. The van der Waals surface area contributed by atoms with E-state index in [1.54, 1.807) is 37.3 Å². The molecule has 0 unspecified atom stereocenters. The van der Waals surface area contributed by atoms with Crippen LogP contribution >= 0.6 is 0 Å². The second-order valence-electron chi connectivity index (χ2n) is 4.43. The highest BCUT2D eigenvalue weighted by Gasteiger charge is 2.43. The molecule has 0 aliphatic heterocycles. The van der Waals surface area contributed by atoms with Gasteiger partial charge in [-0.05, 0) is 26.0 Å².